The molecule has 0 aliphatic carbocycles. The second-order valence-electron chi connectivity index (χ2n) is 3.79. The number of nitrogens with two attached hydrogens (primary N) is 1. The van der Waals surface area contributed by atoms with Crippen LogP contribution in [0.2, 0.25) is 0 Å². The number of fused-ring (bicyclic) bond motifs is 1. The molecule has 0 aromatic carbocycles. The van der Waals surface area contributed by atoms with Crippen molar-refractivity contribution in [3.8, 4) is 0 Å². The van der Waals surface area contributed by atoms with Crippen LogP contribution in [0.15, 0.2) is 6.20 Å². The lowest BCUT2D eigenvalue weighted by atomic mass is 9.98. The van der Waals surface area contributed by atoms with Crippen LogP contribution in [-0.4, -0.2) is 15.6 Å². The maximum Gasteiger partial charge on any atom is 0.111 e. The normalized spacial score (nSPS) is 28.6. The first-order chi connectivity index (χ1) is 5.66. The zero-order valence-electron chi connectivity index (χ0n) is 7.62. The fourth-order valence-corrected chi connectivity index (χ4v) is 1.99. The van der Waals surface area contributed by atoms with Crippen LogP contribution in [0.5, 0.6) is 0 Å². The van der Waals surface area contributed by atoms with Crippen molar-refractivity contribution < 1.29 is 0 Å². The van der Waals surface area contributed by atoms with Gasteiger partial charge >= 0.3 is 0 Å². The van der Waals surface area contributed by atoms with Crippen LogP contribution in [0.3, 0.4) is 0 Å². The van der Waals surface area contributed by atoms with Crippen LogP contribution in [0.4, 0.5) is 0 Å². The zero-order chi connectivity index (χ0) is 8.72. The maximum absolute atomic E-state index is 5.90. The van der Waals surface area contributed by atoms with Crippen LogP contribution in [0.1, 0.15) is 30.8 Å². The third kappa shape index (κ3) is 1.14. The molecule has 66 valence electrons. The Balaban J connectivity index is 2.40. The number of hydrogen-bond acceptors (Lipinski definition) is 2. The molecule has 0 saturated carbocycles. The molecular formula is C9H15N3. The van der Waals surface area contributed by atoms with Crippen LogP contribution in [0, 0.1) is 6.92 Å². The van der Waals surface area contributed by atoms with Gasteiger partial charge in [-0.3, -0.25) is 0 Å². The summed E-state index contributed by atoms with van der Waals surface area (Å²) in [6.07, 6.45) is 3.15. The highest BCUT2D eigenvalue weighted by molar-refractivity contribution is 5.09. The van der Waals surface area contributed by atoms with Gasteiger partial charge in [0.15, 0.2) is 0 Å². The second kappa shape index (κ2) is 2.59. The minimum Gasteiger partial charge on any atom is -0.333 e. The van der Waals surface area contributed by atoms with Crippen LogP contribution < -0.4 is 5.73 Å². The van der Waals surface area contributed by atoms with E-state index < -0.39 is 0 Å². The zero-order valence-corrected chi connectivity index (χ0v) is 7.62. The lowest BCUT2D eigenvalue weighted by molar-refractivity contribution is 0.407. The molecule has 3 heteroatoms. The Morgan fingerprint density at radius 3 is 3.17 bits per heavy atom. The number of aromatic nitrogens is 2. The molecule has 2 atom stereocenters. The predicted molar refractivity (Wildman–Crippen MR) is 48.0 cm³/mol. The molecule has 0 spiro atoms. The summed E-state index contributed by atoms with van der Waals surface area (Å²) in [5, 5.41) is 0. The monoisotopic (exact) mass is 165 g/mol. The Labute approximate surface area is 72.6 Å². The highest BCUT2D eigenvalue weighted by Gasteiger charge is 2.22. The minimum absolute atomic E-state index is 0.307. The van der Waals surface area contributed by atoms with Gasteiger partial charge in [-0.05, 0) is 13.3 Å². The molecule has 1 aliphatic heterocycles. The molecular weight excluding hydrogens is 150 g/mol. The molecule has 12 heavy (non-hydrogen) atoms. The summed E-state index contributed by atoms with van der Waals surface area (Å²) in [6, 6.07) is 0.307. The van der Waals surface area contributed by atoms with Crippen molar-refractivity contribution >= 4 is 0 Å². The summed E-state index contributed by atoms with van der Waals surface area (Å²) in [7, 11) is 0. The molecule has 0 saturated heterocycles. The SMILES string of the molecule is Cc1cn2c(n1)C(C)CC(N)C2. The van der Waals surface area contributed by atoms with E-state index >= 15 is 0 Å². The highest BCUT2D eigenvalue weighted by atomic mass is 15.1. The number of hydrogen-bond donors (Lipinski definition) is 1. The molecule has 3 nitrogen and oxygen atoms in total. The first kappa shape index (κ1) is 7.80. The molecule has 1 aromatic rings. The Kier molecular flexibility index (Phi) is 1.68. The van der Waals surface area contributed by atoms with E-state index in [-0.39, 0.29) is 0 Å². The first-order valence-electron chi connectivity index (χ1n) is 4.46. The highest BCUT2D eigenvalue weighted by Crippen LogP contribution is 2.24. The third-order valence-electron chi connectivity index (χ3n) is 2.46. The first-order valence-corrected chi connectivity index (χ1v) is 4.46. The summed E-state index contributed by atoms with van der Waals surface area (Å²) in [4.78, 5) is 4.47. The summed E-state index contributed by atoms with van der Waals surface area (Å²) in [5.74, 6) is 1.72. The standard InChI is InChI=1S/C9H15N3/c1-6-3-8(10)5-12-4-7(2)11-9(6)12/h4,6,8H,3,5,10H2,1-2H3. The van der Waals surface area contributed by atoms with E-state index in [0.717, 1.165) is 18.7 Å². The van der Waals surface area contributed by atoms with Gasteiger partial charge in [-0.25, -0.2) is 4.98 Å². The Hall–Kier alpha value is -0.830. The van der Waals surface area contributed by atoms with Crippen LogP contribution >= 0.6 is 0 Å². The molecule has 2 unspecified atom stereocenters. The molecule has 2 heterocycles. The minimum atomic E-state index is 0.307. The fourth-order valence-electron chi connectivity index (χ4n) is 1.99. The van der Waals surface area contributed by atoms with Gasteiger partial charge in [0.1, 0.15) is 5.82 Å². The van der Waals surface area contributed by atoms with E-state index in [1.54, 1.807) is 0 Å². The van der Waals surface area contributed by atoms with E-state index in [9.17, 15) is 0 Å². The maximum atomic E-state index is 5.90. The molecule has 2 N–H and O–H groups in total. The third-order valence-corrected chi connectivity index (χ3v) is 2.46. The van der Waals surface area contributed by atoms with Crippen molar-refractivity contribution in [2.75, 3.05) is 0 Å². The molecule has 0 bridgehead atoms. The fraction of sp³-hybridized carbons (Fsp3) is 0.667. The molecule has 2 rings (SSSR count). The quantitative estimate of drug-likeness (QED) is 0.624. The molecule has 0 fully saturated rings. The summed E-state index contributed by atoms with van der Waals surface area (Å²) < 4.78 is 2.19. The summed E-state index contributed by atoms with van der Waals surface area (Å²) in [6.45, 7) is 5.15. The predicted octanol–water partition coefficient (Wildman–Crippen LogP) is 1.03. The lowest BCUT2D eigenvalue weighted by Gasteiger charge is -2.25. The lowest BCUT2D eigenvalue weighted by Crippen LogP contribution is -2.33. The van der Waals surface area contributed by atoms with Gasteiger partial charge in [0.05, 0.1) is 5.69 Å². The molecule has 0 radical (unpaired) electrons. The van der Waals surface area contributed by atoms with Crippen molar-refractivity contribution in [3.05, 3.63) is 17.7 Å². The molecule has 1 aromatic heterocycles. The van der Waals surface area contributed by atoms with Gasteiger partial charge < -0.3 is 10.3 Å². The van der Waals surface area contributed by atoms with Gasteiger partial charge in [-0.1, -0.05) is 6.92 Å². The van der Waals surface area contributed by atoms with Crippen molar-refractivity contribution in [2.24, 2.45) is 5.73 Å². The van der Waals surface area contributed by atoms with Gasteiger partial charge in [0.2, 0.25) is 0 Å². The number of imidazole rings is 1. The van der Waals surface area contributed by atoms with Gasteiger partial charge in [-0.2, -0.15) is 0 Å². The van der Waals surface area contributed by atoms with Crippen LogP contribution in [-0.2, 0) is 6.54 Å². The Morgan fingerprint density at radius 1 is 1.67 bits per heavy atom. The van der Waals surface area contributed by atoms with Gasteiger partial charge in [-0.15, -0.1) is 0 Å². The van der Waals surface area contributed by atoms with Crippen molar-refractivity contribution in [1.29, 1.82) is 0 Å². The molecule has 1 aliphatic rings. The van der Waals surface area contributed by atoms with E-state index in [1.165, 1.54) is 5.82 Å². The topological polar surface area (TPSA) is 43.8 Å². The smallest absolute Gasteiger partial charge is 0.111 e. The van der Waals surface area contributed by atoms with Gasteiger partial charge in [0.25, 0.3) is 0 Å². The number of rotatable bonds is 0. The van der Waals surface area contributed by atoms with Crippen molar-refractivity contribution in [2.45, 2.75) is 38.8 Å². The van der Waals surface area contributed by atoms with E-state index in [0.29, 0.717) is 12.0 Å². The van der Waals surface area contributed by atoms with Crippen molar-refractivity contribution in [1.82, 2.24) is 9.55 Å². The van der Waals surface area contributed by atoms with Crippen LogP contribution in [0.25, 0.3) is 0 Å². The Morgan fingerprint density at radius 2 is 2.42 bits per heavy atom. The van der Waals surface area contributed by atoms with Crippen molar-refractivity contribution in [3.63, 3.8) is 0 Å². The second-order valence-corrected chi connectivity index (χ2v) is 3.79. The number of nitrogens with zero attached hydrogens (tertiary/aromatic N) is 2. The average Bonchev–Trinajstić information content (AvgIpc) is 2.29. The van der Waals surface area contributed by atoms with E-state index in [2.05, 4.69) is 22.7 Å². The van der Waals surface area contributed by atoms with Gasteiger partial charge in [0, 0.05) is 24.7 Å². The van der Waals surface area contributed by atoms with E-state index in [1.807, 2.05) is 6.92 Å². The summed E-state index contributed by atoms with van der Waals surface area (Å²) >= 11 is 0. The Bertz CT molecular complexity index is 290. The summed E-state index contributed by atoms with van der Waals surface area (Å²) in [5.41, 5.74) is 7.00. The largest absolute Gasteiger partial charge is 0.333 e. The average molecular weight is 165 g/mol. The molecule has 0 amide bonds. The van der Waals surface area contributed by atoms with E-state index in [4.69, 9.17) is 5.73 Å². The number of aryl methyl sites for hydroxylation is 1.